The molecule has 140 valence electrons. The molecule has 0 aliphatic carbocycles. The minimum atomic E-state index is -3.03. The van der Waals surface area contributed by atoms with Crippen molar-refractivity contribution < 1.29 is 22.4 Å². The summed E-state index contributed by atoms with van der Waals surface area (Å²) in [5, 5.41) is 1.17. The molecule has 1 fully saturated rings. The number of carbonyl (C=O) groups is 1. The van der Waals surface area contributed by atoms with Crippen LogP contribution in [0.5, 0.6) is 0 Å². The van der Waals surface area contributed by atoms with Crippen LogP contribution >= 0.6 is 11.6 Å². The van der Waals surface area contributed by atoms with E-state index in [1.807, 2.05) is 6.92 Å². The first-order chi connectivity index (χ1) is 12.3. The molecule has 26 heavy (non-hydrogen) atoms. The lowest BCUT2D eigenvalue weighted by atomic mass is 10.1. The highest BCUT2D eigenvalue weighted by molar-refractivity contribution is 7.91. The Labute approximate surface area is 156 Å². The molecular weight excluding hydrogens is 380 g/mol. The molecule has 0 saturated carbocycles. The lowest BCUT2D eigenvalue weighted by Crippen LogP contribution is -2.13. The van der Waals surface area contributed by atoms with Gasteiger partial charge in [-0.1, -0.05) is 18.5 Å². The first kappa shape index (κ1) is 18.9. The highest BCUT2D eigenvalue weighted by Crippen LogP contribution is 2.27. The normalized spacial score (nSPS) is 18.9. The summed E-state index contributed by atoms with van der Waals surface area (Å²) >= 11 is 6.23. The molecule has 3 rings (SSSR count). The van der Waals surface area contributed by atoms with Crippen molar-refractivity contribution in [1.82, 2.24) is 0 Å². The van der Waals surface area contributed by atoms with E-state index in [2.05, 4.69) is 0 Å². The molecule has 1 atom stereocenters. The number of halogens is 1. The molecule has 0 radical (unpaired) electrons. The molecule has 0 N–H and O–H groups in total. The molecule has 2 aromatic rings. The fourth-order valence-electron chi connectivity index (χ4n) is 3.16. The Hall–Kier alpha value is -1.86. The van der Waals surface area contributed by atoms with E-state index in [1.54, 1.807) is 12.1 Å². The Morgan fingerprint density at radius 2 is 2.08 bits per heavy atom. The predicted octanol–water partition coefficient (Wildman–Crippen LogP) is 2.88. The second-order valence-electron chi connectivity index (χ2n) is 6.52. The quantitative estimate of drug-likeness (QED) is 0.568. The third kappa shape index (κ3) is 4.27. The summed E-state index contributed by atoms with van der Waals surface area (Å²) in [6, 6.07) is 4.69. The maximum absolute atomic E-state index is 12.0. The Kier molecular flexibility index (Phi) is 5.39. The molecule has 0 spiro atoms. The Morgan fingerprint density at radius 3 is 2.73 bits per heavy atom. The average molecular weight is 399 g/mol. The first-order valence-corrected chi connectivity index (χ1v) is 10.6. The standard InChI is InChI=1S/C18H19ClO6S/c1-2-12-6-16-14(8-15(12)19)13(7-18(21)25-16)9-24-17(20)5-11-3-4-26(22,23)10-11/h6-8,11H,2-5,9-10H2,1H3/t11-/m1/s1. The smallest absolute Gasteiger partial charge is 0.336 e. The van der Waals surface area contributed by atoms with E-state index >= 15 is 0 Å². The third-order valence-corrected chi connectivity index (χ3v) is 6.74. The summed E-state index contributed by atoms with van der Waals surface area (Å²) in [7, 11) is -3.03. The van der Waals surface area contributed by atoms with Gasteiger partial charge in [0, 0.05) is 28.5 Å². The Morgan fingerprint density at radius 1 is 1.31 bits per heavy atom. The van der Waals surface area contributed by atoms with Crippen LogP contribution < -0.4 is 5.63 Å². The van der Waals surface area contributed by atoms with E-state index in [4.69, 9.17) is 20.8 Å². The van der Waals surface area contributed by atoms with Crippen LogP contribution in [0.1, 0.15) is 30.9 Å². The largest absolute Gasteiger partial charge is 0.461 e. The maximum atomic E-state index is 12.0. The second kappa shape index (κ2) is 7.40. The zero-order valence-corrected chi connectivity index (χ0v) is 15.9. The number of fused-ring (bicyclic) bond motifs is 1. The van der Waals surface area contributed by atoms with E-state index < -0.39 is 21.4 Å². The van der Waals surface area contributed by atoms with Crippen molar-refractivity contribution in [2.24, 2.45) is 5.92 Å². The van der Waals surface area contributed by atoms with Gasteiger partial charge in [0.25, 0.3) is 0 Å². The molecule has 6 nitrogen and oxygen atoms in total. The van der Waals surface area contributed by atoms with Gasteiger partial charge in [-0.05, 0) is 36.5 Å². The number of aryl methyl sites for hydroxylation is 1. The van der Waals surface area contributed by atoms with Crippen LogP contribution in [0.3, 0.4) is 0 Å². The fourth-order valence-corrected chi connectivity index (χ4v) is 5.32. The molecule has 1 aromatic carbocycles. The molecule has 0 unspecified atom stereocenters. The Balaban J connectivity index is 1.75. The van der Waals surface area contributed by atoms with Gasteiger partial charge >= 0.3 is 11.6 Å². The predicted molar refractivity (Wildman–Crippen MR) is 98.0 cm³/mol. The highest BCUT2D eigenvalue weighted by atomic mass is 35.5. The fraction of sp³-hybridized carbons (Fsp3) is 0.444. The van der Waals surface area contributed by atoms with Crippen LogP contribution in [0.25, 0.3) is 11.0 Å². The van der Waals surface area contributed by atoms with Crippen molar-refractivity contribution in [2.45, 2.75) is 32.8 Å². The molecule has 8 heteroatoms. The summed E-state index contributed by atoms with van der Waals surface area (Å²) in [6.07, 6.45) is 1.23. The third-order valence-electron chi connectivity index (χ3n) is 4.55. The summed E-state index contributed by atoms with van der Waals surface area (Å²) in [5.41, 5.74) is 1.23. The zero-order chi connectivity index (χ0) is 18.9. The van der Waals surface area contributed by atoms with Gasteiger partial charge in [-0.3, -0.25) is 4.79 Å². The lowest BCUT2D eigenvalue weighted by Gasteiger charge is -2.10. The number of rotatable bonds is 5. The van der Waals surface area contributed by atoms with Gasteiger partial charge in [-0.15, -0.1) is 0 Å². The monoisotopic (exact) mass is 398 g/mol. The molecule has 0 bridgehead atoms. The molecule has 1 aromatic heterocycles. The molecule has 2 heterocycles. The number of ether oxygens (including phenoxy) is 1. The van der Waals surface area contributed by atoms with Crippen molar-refractivity contribution in [3.05, 3.63) is 44.8 Å². The van der Waals surface area contributed by atoms with E-state index in [0.29, 0.717) is 34.4 Å². The molecule has 1 aliphatic rings. The summed E-state index contributed by atoms with van der Waals surface area (Å²) in [6.45, 7) is 1.85. The van der Waals surface area contributed by atoms with E-state index in [9.17, 15) is 18.0 Å². The van der Waals surface area contributed by atoms with Gasteiger partial charge in [0.2, 0.25) is 0 Å². The summed E-state index contributed by atoms with van der Waals surface area (Å²) in [4.78, 5) is 23.8. The SMILES string of the molecule is CCc1cc2oc(=O)cc(COC(=O)C[C@H]3CCS(=O)(=O)C3)c2cc1Cl. The Bertz CT molecular complexity index is 1010. The summed E-state index contributed by atoms with van der Waals surface area (Å²) < 4.78 is 33.4. The molecule has 1 saturated heterocycles. The number of esters is 1. The van der Waals surface area contributed by atoms with Crippen molar-refractivity contribution in [1.29, 1.82) is 0 Å². The lowest BCUT2D eigenvalue weighted by molar-refractivity contribution is -0.145. The maximum Gasteiger partial charge on any atom is 0.336 e. The van der Waals surface area contributed by atoms with Crippen LogP contribution in [-0.2, 0) is 32.4 Å². The van der Waals surface area contributed by atoms with E-state index in [-0.39, 0.29) is 30.5 Å². The number of benzene rings is 1. The van der Waals surface area contributed by atoms with Crippen LogP contribution in [0, 0.1) is 5.92 Å². The first-order valence-electron chi connectivity index (χ1n) is 8.38. The van der Waals surface area contributed by atoms with E-state index in [0.717, 1.165) is 5.56 Å². The van der Waals surface area contributed by atoms with Crippen molar-refractivity contribution in [3.63, 3.8) is 0 Å². The number of sulfone groups is 1. The highest BCUT2D eigenvalue weighted by Gasteiger charge is 2.29. The second-order valence-corrected chi connectivity index (χ2v) is 9.15. The van der Waals surface area contributed by atoms with Gasteiger partial charge in [0.05, 0.1) is 11.5 Å². The topological polar surface area (TPSA) is 90.7 Å². The summed E-state index contributed by atoms with van der Waals surface area (Å²) in [5.74, 6) is -0.542. The van der Waals surface area contributed by atoms with Gasteiger partial charge in [0.1, 0.15) is 12.2 Å². The van der Waals surface area contributed by atoms with Crippen LogP contribution in [-0.4, -0.2) is 25.9 Å². The van der Waals surface area contributed by atoms with Gasteiger partial charge in [-0.25, -0.2) is 13.2 Å². The van der Waals surface area contributed by atoms with Gasteiger partial charge in [0.15, 0.2) is 9.84 Å². The number of hydrogen-bond acceptors (Lipinski definition) is 6. The minimum absolute atomic E-state index is 0.0232. The van der Waals surface area contributed by atoms with Crippen LogP contribution in [0.15, 0.2) is 27.4 Å². The zero-order valence-electron chi connectivity index (χ0n) is 14.3. The molecular formula is C18H19ClO6S. The van der Waals surface area contributed by atoms with Gasteiger partial charge < -0.3 is 9.15 Å². The van der Waals surface area contributed by atoms with Crippen molar-refractivity contribution >= 4 is 38.4 Å². The number of hydrogen-bond donors (Lipinski definition) is 0. The van der Waals surface area contributed by atoms with Crippen LogP contribution in [0.2, 0.25) is 5.02 Å². The molecule has 1 aliphatic heterocycles. The number of carbonyl (C=O) groups excluding carboxylic acids is 1. The van der Waals surface area contributed by atoms with Crippen LogP contribution in [0.4, 0.5) is 0 Å². The minimum Gasteiger partial charge on any atom is -0.461 e. The van der Waals surface area contributed by atoms with E-state index in [1.165, 1.54) is 6.07 Å². The average Bonchev–Trinajstić information content (AvgIpc) is 2.91. The van der Waals surface area contributed by atoms with Crippen molar-refractivity contribution in [2.75, 3.05) is 11.5 Å². The molecule has 0 amide bonds. The van der Waals surface area contributed by atoms with Gasteiger partial charge in [-0.2, -0.15) is 0 Å². The van der Waals surface area contributed by atoms with Crippen molar-refractivity contribution in [3.8, 4) is 0 Å².